The fourth-order valence-corrected chi connectivity index (χ4v) is 4.76. The second-order valence-corrected chi connectivity index (χ2v) is 8.00. The number of nitrogens with zero attached hydrogens (tertiary/aromatic N) is 1. The van der Waals surface area contributed by atoms with Crippen molar-refractivity contribution in [2.24, 2.45) is 0 Å². The van der Waals surface area contributed by atoms with Crippen molar-refractivity contribution in [3.63, 3.8) is 0 Å². The number of hydrogen-bond donors (Lipinski definition) is 2. The Kier molecular flexibility index (Phi) is 4.28. The van der Waals surface area contributed by atoms with Gasteiger partial charge in [0, 0.05) is 18.3 Å². The zero-order valence-corrected chi connectivity index (χ0v) is 13.4. The van der Waals surface area contributed by atoms with Gasteiger partial charge in [0.05, 0.1) is 23.7 Å². The van der Waals surface area contributed by atoms with Crippen LogP contribution in [-0.2, 0) is 16.4 Å². The number of aliphatic hydroxyl groups excluding tert-OH is 1. The molecule has 23 heavy (non-hydrogen) atoms. The van der Waals surface area contributed by atoms with E-state index in [0.29, 0.717) is 12.2 Å². The van der Waals surface area contributed by atoms with Gasteiger partial charge in [-0.25, -0.2) is 8.42 Å². The van der Waals surface area contributed by atoms with Crippen molar-refractivity contribution in [2.75, 3.05) is 16.4 Å². The van der Waals surface area contributed by atoms with Crippen molar-refractivity contribution in [3.05, 3.63) is 60.2 Å². The molecule has 0 bridgehead atoms. The summed E-state index contributed by atoms with van der Waals surface area (Å²) in [7, 11) is -3.25. The maximum atomic E-state index is 11.9. The third-order valence-corrected chi connectivity index (χ3v) is 5.75. The molecule has 0 aliphatic carbocycles. The molecule has 0 amide bonds. The van der Waals surface area contributed by atoms with E-state index in [9.17, 15) is 18.6 Å². The molecular weight excluding hydrogens is 314 g/mol. The van der Waals surface area contributed by atoms with Gasteiger partial charge in [0.25, 0.3) is 0 Å². The van der Waals surface area contributed by atoms with E-state index in [2.05, 4.69) is 0 Å². The van der Waals surface area contributed by atoms with Crippen LogP contribution in [0.4, 0.5) is 5.69 Å². The monoisotopic (exact) mass is 333 g/mol. The fraction of sp³-hybridized carbons (Fsp3) is 0.294. The molecule has 0 radical (unpaired) electrons. The summed E-state index contributed by atoms with van der Waals surface area (Å²) in [4.78, 5) is 1.85. The molecule has 1 fully saturated rings. The molecule has 3 rings (SSSR count). The summed E-state index contributed by atoms with van der Waals surface area (Å²) in [6, 6.07) is 15.8. The van der Waals surface area contributed by atoms with E-state index < -0.39 is 22.0 Å². The Morgan fingerprint density at radius 2 is 1.78 bits per heavy atom. The number of aromatic hydroxyl groups is 1. The zero-order chi connectivity index (χ0) is 16.4. The van der Waals surface area contributed by atoms with Crippen LogP contribution >= 0.6 is 0 Å². The highest BCUT2D eigenvalue weighted by Gasteiger charge is 2.40. The van der Waals surface area contributed by atoms with Crippen molar-refractivity contribution in [2.45, 2.75) is 18.7 Å². The molecule has 0 spiro atoms. The maximum Gasteiger partial charge on any atom is 0.155 e. The summed E-state index contributed by atoms with van der Waals surface area (Å²) in [5, 5.41) is 20.0. The Bertz CT molecular complexity index is 776. The van der Waals surface area contributed by atoms with Gasteiger partial charge in [-0.15, -0.1) is 0 Å². The molecule has 2 aromatic rings. The average molecular weight is 333 g/mol. The van der Waals surface area contributed by atoms with E-state index in [0.717, 1.165) is 5.56 Å². The largest absolute Gasteiger partial charge is 0.508 e. The summed E-state index contributed by atoms with van der Waals surface area (Å²) in [5.74, 6) is -0.200. The van der Waals surface area contributed by atoms with Crippen LogP contribution in [0.25, 0.3) is 0 Å². The summed E-state index contributed by atoms with van der Waals surface area (Å²) < 4.78 is 23.7. The lowest BCUT2D eigenvalue weighted by molar-refractivity contribution is 0.177. The predicted molar refractivity (Wildman–Crippen MR) is 89.2 cm³/mol. The van der Waals surface area contributed by atoms with Crippen molar-refractivity contribution < 1.29 is 18.6 Å². The second kappa shape index (κ2) is 6.22. The highest BCUT2D eigenvalue weighted by molar-refractivity contribution is 7.91. The van der Waals surface area contributed by atoms with Gasteiger partial charge in [0.15, 0.2) is 9.84 Å². The van der Waals surface area contributed by atoms with Gasteiger partial charge >= 0.3 is 0 Å². The summed E-state index contributed by atoms with van der Waals surface area (Å²) in [6.45, 7) is 0.460. The first-order valence-corrected chi connectivity index (χ1v) is 9.25. The van der Waals surface area contributed by atoms with Crippen LogP contribution < -0.4 is 4.90 Å². The van der Waals surface area contributed by atoms with Crippen molar-refractivity contribution >= 4 is 15.5 Å². The van der Waals surface area contributed by atoms with Gasteiger partial charge in [0.2, 0.25) is 0 Å². The minimum atomic E-state index is -3.25. The number of sulfone groups is 1. The van der Waals surface area contributed by atoms with Crippen molar-refractivity contribution in [1.82, 2.24) is 0 Å². The highest BCUT2D eigenvalue weighted by atomic mass is 32.2. The van der Waals surface area contributed by atoms with Crippen LogP contribution in [0.15, 0.2) is 54.6 Å². The number of aliphatic hydroxyl groups is 1. The van der Waals surface area contributed by atoms with E-state index in [1.54, 1.807) is 24.3 Å². The molecule has 2 atom stereocenters. The smallest absolute Gasteiger partial charge is 0.155 e. The normalized spacial score (nSPS) is 22.8. The van der Waals surface area contributed by atoms with Crippen LogP contribution in [0.1, 0.15) is 5.56 Å². The Hall–Kier alpha value is -2.05. The molecule has 122 valence electrons. The highest BCUT2D eigenvalue weighted by Crippen LogP contribution is 2.28. The number of phenols is 1. The molecule has 0 aromatic heterocycles. The number of anilines is 1. The molecule has 6 heteroatoms. The van der Waals surface area contributed by atoms with Crippen molar-refractivity contribution in [3.8, 4) is 5.75 Å². The molecule has 0 unspecified atom stereocenters. The van der Waals surface area contributed by atoms with Crippen LogP contribution in [0.2, 0.25) is 0 Å². The van der Waals surface area contributed by atoms with Crippen molar-refractivity contribution in [1.29, 1.82) is 0 Å². The lowest BCUT2D eigenvalue weighted by atomic mass is 10.1. The topological polar surface area (TPSA) is 77.8 Å². The Balaban J connectivity index is 1.96. The number of benzene rings is 2. The van der Waals surface area contributed by atoms with E-state index >= 15 is 0 Å². The van der Waals surface area contributed by atoms with Crippen LogP contribution in [0.5, 0.6) is 5.75 Å². The van der Waals surface area contributed by atoms with Gasteiger partial charge in [-0.3, -0.25) is 0 Å². The first kappa shape index (κ1) is 15.8. The van der Waals surface area contributed by atoms with E-state index in [1.807, 2.05) is 35.2 Å². The second-order valence-electron chi connectivity index (χ2n) is 5.84. The van der Waals surface area contributed by atoms with Crippen LogP contribution in [-0.4, -0.2) is 42.3 Å². The molecule has 1 heterocycles. The fourth-order valence-electron chi connectivity index (χ4n) is 2.96. The first-order valence-electron chi connectivity index (χ1n) is 7.43. The van der Waals surface area contributed by atoms with E-state index in [1.165, 1.54) is 0 Å². The standard InChI is InChI=1S/C17H19NO4S/c19-15-8-4-7-14(9-15)18(10-13-5-2-1-3-6-13)16-11-23(21,22)12-17(16)20/h1-9,16-17,19-20H,10-12H2/t16-,17-/m1/s1. The summed E-state index contributed by atoms with van der Waals surface area (Å²) in [6.07, 6.45) is -0.939. The molecule has 1 saturated heterocycles. The van der Waals surface area contributed by atoms with Gasteiger partial charge in [0.1, 0.15) is 5.75 Å². The maximum absolute atomic E-state index is 11.9. The van der Waals surface area contributed by atoms with Gasteiger partial charge in [-0.2, -0.15) is 0 Å². The summed E-state index contributed by atoms with van der Waals surface area (Å²) in [5.41, 5.74) is 1.70. The Morgan fingerprint density at radius 3 is 2.39 bits per heavy atom. The van der Waals surface area contributed by atoms with Gasteiger partial charge < -0.3 is 15.1 Å². The molecule has 1 aliphatic rings. The minimum absolute atomic E-state index is 0.0867. The lowest BCUT2D eigenvalue weighted by Crippen LogP contribution is -2.42. The molecule has 2 N–H and O–H groups in total. The third-order valence-electron chi connectivity index (χ3n) is 4.05. The first-order chi connectivity index (χ1) is 10.9. The molecule has 1 aliphatic heterocycles. The lowest BCUT2D eigenvalue weighted by Gasteiger charge is -2.32. The minimum Gasteiger partial charge on any atom is -0.508 e. The van der Waals surface area contributed by atoms with E-state index in [4.69, 9.17) is 0 Å². The third kappa shape index (κ3) is 3.65. The van der Waals surface area contributed by atoms with E-state index in [-0.39, 0.29) is 17.3 Å². The van der Waals surface area contributed by atoms with Gasteiger partial charge in [-0.05, 0) is 17.7 Å². The van der Waals surface area contributed by atoms with Crippen LogP contribution in [0, 0.1) is 0 Å². The number of hydrogen-bond acceptors (Lipinski definition) is 5. The summed E-state index contributed by atoms with van der Waals surface area (Å²) >= 11 is 0. The quantitative estimate of drug-likeness (QED) is 0.888. The number of rotatable bonds is 4. The number of phenolic OH excluding ortho intramolecular Hbond substituents is 1. The molecule has 0 saturated carbocycles. The molecule has 5 nitrogen and oxygen atoms in total. The Morgan fingerprint density at radius 1 is 1.04 bits per heavy atom. The van der Waals surface area contributed by atoms with Gasteiger partial charge in [-0.1, -0.05) is 36.4 Å². The Labute approximate surface area is 135 Å². The van der Waals surface area contributed by atoms with Crippen LogP contribution in [0.3, 0.4) is 0 Å². The predicted octanol–water partition coefficient (Wildman–Crippen LogP) is 1.56. The zero-order valence-electron chi connectivity index (χ0n) is 12.5. The average Bonchev–Trinajstić information content (AvgIpc) is 2.78. The molecule has 2 aromatic carbocycles. The SMILES string of the molecule is O=S1(=O)C[C@@H](O)[C@H](N(Cc2ccccc2)c2cccc(O)c2)C1. The molecular formula is C17H19NO4S.